The van der Waals surface area contributed by atoms with Crippen LogP contribution in [0.4, 0.5) is 0 Å². The smallest absolute Gasteiger partial charge is 0.317 e. The largest absolute Gasteiger partial charge is 0.432 e. The number of aliphatic hydroxyl groups is 17. The van der Waals surface area contributed by atoms with Crippen LogP contribution in [0.5, 0.6) is 0 Å². The summed E-state index contributed by atoms with van der Waals surface area (Å²) < 4.78 is 53.1. The number of carbonyl (C=O) groups excluding carboxylic acids is 1. The first-order chi connectivity index (χ1) is 39.9. The Hall–Kier alpha value is -1.79. The molecule has 5 saturated carbocycles. The summed E-state index contributed by atoms with van der Waals surface area (Å²) in [7, 11) is 0. The van der Waals surface area contributed by atoms with Crippen LogP contribution in [0, 0.1) is 56.2 Å². The Labute approximate surface area is 492 Å². The first kappa shape index (κ1) is 66.1. The van der Waals surface area contributed by atoms with Crippen LogP contribution in [0.2, 0.25) is 0 Å². The molecule has 85 heavy (non-hydrogen) atoms. The molecule has 10 aliphatic rings. The van der Waals surface area contributed by atoms with Crippen LogP contribution in [0.15, 0.2) is 11.6 Å². The number of fused-ring (bicyclic) bond motifs is 7. The van der Waals surface area contributed by atoms with E-state index in [1.807, 2.05) is 0 Å². The van der Waals surface area contributed by atoms with Crippen molar-refractivity contribution in [2.45, 2.75) is 240 Å². The minimum absolute atomic E-state index is 0.0574. The molecule has 0 aromatic rings. The topological polar surface area (TPSA) is 444 Å². The molecular weight excluding hydrogens is 1130 g/mol. The van der Waals surface area contributed by atoms with Crippen LogP contribution in [-0.2, 0) is 47.4 Å². The minimum Gasteiger partial charge on any atom is -0.432 e. The molecule has 31 atom stereocenters. The average Bonchev–Trinajstić information content (AvgIpc) is 0.951. The molecule has 4 aliphatic heterocycles. The van der Waals surface area contributed by atoms with Crippen molar-refractivity contribution in [3.63, 3.8) is 0 Å². The predicted molar refractivity (Wildman–Crippen MR) is 285 cm³/mol. The van der Waals surface area contributed by atoms with Crippen molar-refractivity contribution < 1.29 is 134 Å². The summed E-state index contributed by atoms with van der Waals surface area (Å²) in [6.45, 7) is 7.85. The van der Waals surface area contributed by atoms with Gasteiger partial charge in [-0.15, -0.1) is 0 Å². The monoisotopic (exact) mass is 1220 g/mol. The molecule has 0 bridgehead atoms. The lowest BCUT2D eigenvalue weighted by Gasteiger charge is -2.72. The Morgan fingerprint density at radius 1 is 0.624 bits per heavy atom. The Kier molecular flexibility index (Phi) is 18.7. The van der Waals surface area contributed by atoms with Crippen molar-refractivity contribution in [2.24, 2.45) is 56.2 Å². The van der Waals surface area contributed by atoms with Crippen LogP contribution in [-0.4, -0.2) is 280 Å². The van der Waals surface area contributed by atoms with E-state index in [2.05, 4.69) is 40.7 Å². The number of esters is 1. The molecule has 0 aromatic heterocycles. The first-order valence-electron chi connectivity index (χ1n) is 30.2. The number of ether oxygens (including phenoxy) is 9. The number of carbonyl (C=O) groups is 1. The van der Waals surface area contributed by atoms with Crippen molar-refractivity contribution in [1.29, 1.82) is 0 Å². The maximum Gasteiger partial charge on any atom is 0.317 e. The fourth-order valence-corrected chi connectivity index (χ4v) is 17.9. The number of hydrogen-bond donors (Lipinski definition) is 17. The Bertz CT molecular complexity index is 2380. The molecule has 488 valence electrons. The molecule has 6 aliphatic carbocycles. The molecular formula is C58H94O27. The lowest BCUT2D eigenvalue weighted by molar-refractivity contribution is -0.372. The molecule has 0 spiro atoms. The van der Waals surface area contributed by atoms with Gasteiger partial charge in [-0.05, 0) is 104 Å². The van der Waals surface area contributed by atoms with Crippen molar-refractivity contribution in [3.8, 4) is 0 Å². The van der Waals surface area contributed by atoms with Gasteiger partial charge in [-0.1, -0.05) is 46.3 Å². The zero-order valence-electron chi connectivity index (χ0n) is 49.1. The Morgan fingerprint density at radius 3 is 1.94 bits per heavy atom. The Morgan fingerprint density at radius 2 is 1.28 bits per heavy atom. The maximum absolute atomic E-state index is 15.4. The number of hydrogen-bond acceptors (Lipinski definition) is 27. The van der Waals surface area contributed by atoms with Crippen LogP contribution < -0.4 is 0 Å². The van der Waals surface area contributed by atoms with Gasteiger partial charge in [0.15, 0.2) is 25.0 Å². The van der Waals surface area contributed by atoms with Crippen LogP contribution in [0.1, 0.15) is 99.3 Å². The molecule has 0 radical (unpaired) electrons. The quantitative estimate of drug-likeness (QED) is 0.0574. The summed E-state index contributed by atoms with van der Waals surface area (Å²) in [5.74, 6) is -2.98. The molecule has 4 heterocycles. The lowest BCUT2D eigenvalue weighted by atomic mass is 9.33. The second-order valence-electron chi connectivity index (χ2n) is 28.3. The highest BCUT2D eigenvalue weighted by atomic mass is 16.8. The van der Waals surface area contributed by atoms with Crippen molar-refractivity contribution >= 4 is 5.97 Å². The molecule has 9 fully saturated rings. The van der Waals surface area contributed by atoms with Gasteiger partial charge in [0.25, 0.3) is 0 Å². The summed E-state index contributed by atoms with van der Waals surface area (Å²) in [5.41, 5.74) is -6.66. The van der Waals surface area contributed by atoms with Crippen molar-refractivity contribution in [2.75, 3.05) is 46.2 Å². The van der Waals surface area contributed by atoms with E-state index in [0.717, 1.165) is 5.57 Å². The summed E-state index contributed by atoms with van der Waals surface area (Å²) in [4.78, 5) is 15.4. The first-order valence-corrected chi connectivity index (χ1v) is 30.2. The zero-order chi connectivity index (χ0) is 62.1. The summed E-state index contributed by atoms with van der Waals surface area (Å²) in [6, 6.07) is 0. The summed E-state index contributed by atoms with van der Waals surface area (Å²) >= 11 is 0. The van der Waals surface area contributed by atoms with Gasteiger partial charge in [-0.3, -0.25) is 4.79 Å². The SMILES string of the molecule is CC1OC(OC2C(OC(=O)C34CCC(C)(C)CC3C3=CCC5C6(C)CC(O)C(OC7CC(CO)C(O)C(O)C7O)C(CO)(CO)C6CCC5(C)C3(C)CC4O)OCC(O)C2O)C(O)C(O)C1OC1OCC(O)C(OC2OCC(O)(CO)C2O)C1O. The van der Waals surface area contributed by atoms with Crippen LogP contribution in [0.3, 0.4) is 0 Å². The van der Waals surface area contributed by atoms with Gasteiger partial charge in [0.2, 0.25) is 6.29 Å². The fourth-order valence-electron chi connectivity index (χ4n) is 17.9. The highest BCUT2D eigenvalue weighted by molar-refractivity contribution is 5.80. The van der Waals surface area contributed by atoms with Gasteiger partial charge in [-0.25, -0.2) is 0 Å². The predicted octanol–water partition coefficient (Wildman–Crippen LogP) is -4.71. The molecule has 17 N–H and O–H groups in total. The van der Waals surface area contributed by atoms with E-state index in [4.69, 9.17) is 42.6 Å². The van der Waals surface area contributed by atoms with Crippen molar-refractivity contribution in [3.05, 3.63) is 11.6 Å². The fraction of sp³-hybridized carbons (Fsp3) is 0.948. The molecule has 4 saturated heterocycles. The van der Waals surface area contributed by atoms with E-state index in [0.29, 0.717) is 32.1 Å². The molecule has 10 rings (SSSR count). The summed E-state index contributed by atoms with van der Waals surface area (Å²) in [6.07, 6.45) is -29.9. The van der Waals surface area contributed by atoms with E-state index < -0.39 is 238 Å². The van der Waals surface area contributed by atoms with Gasteiger partial charge in [0.05, 0.1) is 76.3 Å². The van der Waals surface area contributed by atoms with E-state index in [1.165, 1.54) is 6.92 Å². The highest BCUT2D eigenvalue weighted by Gasteiger charge is 2.74. The molecule has 31 unspecified atom stereocenters. The van der Waals surface area contributed by atoms with Gasteiger partial charge in [-0.2, -0.15) is 0 Å². The third kappa shape index (κ3) is 10.6. The highest BCUT2D eigenvalue weighted by Crippen LogP contribution is 2.76. The second-order valence-corrected chi connectivity index (χ2v) is 28.3. The van der Waals surface area contributed by atoms with Gasteiger partial charge in [0.1, 0.15) is 78.2 Å². The standard InChI is InChI=1S/C58H94O27/c1-24-42(82-47-41(73)43(30(65)19-77-47)83-50-45(74)57(76,22-62)23-79-50)39(71)40(72)48(80-24)84-44-36(68)29(64)18-78-49(44)85-51(75)58-12-11-52(2,3)14-27(58)26-7-8-32-53(4)15-28(63)46(81-31-13-25(17-59)35(67)38(70)37(31)69)56(20-60,21-61)33(53)9-10-54(32,5)55(26,6)16-34(58)66/h7,24-25,27-50,59-74,76H,8-23H2,1-6H3. The number of rotatable bonds is 14. The zero-order valence-corrected chi connectivity index (χ0v) is 49.1. The van der Waals surface area contributed by atoms with Crippen LogP contribution >= 0.6 is 0 Å². The van der Waals surface area contributed by atoms with E-state index >= 15 is 4.79 Å². The molecule has 0 amide bonds. The second kappa shape index (κ2) is 24.0. The average molecular weight is 1220 g/mol. The normalized spacial score (nSPS) is 54.0. The molecule has 27 nitrogen and oxygen atoms in total. The molecule has 27 heteroatoms. The third-order valence-corrected chi connectivity index (χ3v) is 23.1. The van der Waals surface area contributed by atoms with E-state index in [-0.39, 0.29) is 37.0 Å². The molecule has 0 aromatic carbocycles. The van der Waals surface area contributed by atoms with Gasteiger partial charge < -0.3 is 129 Å². The lowest BCUT2D eigenvalue weighted by Crippen LogP contribution is -2.71. The van der Waals surface area contributed by atoms with E-state index in [1.54, 1.807) is 0 Å². The van der Waals surface area contributed by atoms with Gasteiger partial charge >= 0.3 is 5.97 Å². The van der Waals surface area contributed by atoms with Crippen LogP contribution in [0.25, 0.3) is 0 Å². The van der Waals surface area contributed by atoms with Gasteiger partial charge in [0, 0.05) is 17.9 Å². The van der Waals surface area contributed by atoms with Crippen molar-refractivity contribution in [1.82, 2.24) is 0 Å². The summed E-state index contributed by atoms with van der Waals surface area (Å²) in [5, 5.41) is 188. The maximum atomic E-state index is 15.4. The number of allylic oxidation sites excluding steroid dienone is 2. The minimum atomic E-state index is -2.07. The van der Waals surface area contributed by atoms with E-state index in [9.17, 15) is 86.8 Å². The Balaban J connectivity index is 0.864. The third-order valence-electron chi connectivity index (χ3n) is 23.1. The number of aliphatic hydroxyl groups excluding tert-OH is 16.